The molecular formula is C22H22FN7O2. The lowest BCUT2D eigenvalue weighted by Gasteiger charge is -2.36. The Morgan fingerprint density at radius 2 is 2.00 bits per heavy atom. The van der Waals surface area contributed by atoms with Crippen LogP contribution < -0.4 is 15.8 Å². The summed E-state index contributed by atoms with van der Waals surface area (Å²) in [4.78, 5) is 35.3. The van der Waals surface area contributed by atoms with E-state index in [2.05, 4.69) is 30.2 Å². The summed E-state index contributed by atoms with van der Waals surface area (Å²) >= 11 is 0. The number of carbonyl (C=O) groups is 1. The quantitative estimate of drug-likeness (QED) is 0.503. The largest absolute Gasteiger partial charge is 0.368 e. The molecule has 9 nitrogen and oxygen atoms in total. The standard InChI is InChI=1S/C22H22FN7O2/c1-24-21(31)17-3-2-15(12-25-17)29-8-6-28(7-9-29)13-14-10-16(23)20-18(11-14)27-22(32)19-4-5-26-30(19)20/h2-5,10-12H,6-9,13H2,1H3,(H,24,31)(H,27,32). The van der Waals surface area contributed by atoms with Crippen molar-refractivity contribution < 1.29 is 9.18 Å². The summed E-state index contributed by atoms with van der Waals surface area (Å²) in [5.74, 6) is -0.623. The van der Waals surface area contributed by atoms with E-state index in [-0.39, 0.29) is 17.0 Å². The molecule has 4 aromatic rings. The van der Waals surface area contributed by atoms with Crippen molar-refractivity contribution in [2.45, 2.75) is 6.54 Å². The topological polar surface area (TPSA) is 98.6 Å². The second-order valence-corrected chi connectivity index (χ2v) is 7.80. The first-order valence-electron chi connectivity index (χ1n) is 10.4. The molecule has 1 aliphatic heterocycles. The minimum Gasteiger partial charge on any atom is -0.368 e. The van der Waals surface area contributed by atoms with Gasteiger partial charge in [0.25, 0.3) is 11.5 Å². The Labute approximate surface area is 182 Å². The number of rotatable bonds is 4. The van der Waals surface area contributed by atoms with E-state index in [4.69, 9.17) is 0 Å². The summed E-state index contributed by atoms with van der Waals surface area (Å²) < 4.78 is 16.2. The number of benzene rings is 1. The van der Waals surface area contributed by atoms with E-state index in [9.17, 15) is 14.0 Å². The van der Waals surface area contributed by atoms with Crippen LogP contribution in [0.4, 0.5) is 10.1 Å². The van der Waals surface area contributed by atoms with Gasteiger partial charge in [0.15, 0.2) is 5.82 Å². The third-order valence-corrected chi connectivity index (χ3v) is 5.81. The van der Waals surface area contributed by atoms with E-state index >= 15 is 0 Å². The number of nitrogens with one attached hydrogen (secondary N) is 2. The summed E-state index contributed by atoms with van der Waals surface area (Å²) in [5.41, 5.74) is 2.87. The Bertz CT molecular complexity index is 1350. The van der Waals surface area contributed by atoms with Crippen LogP contribution in [0.2, 0.25) is 0 Å². The van der Waals surface area contributed by atoms with Crippen molar-refractivity contribution in [1.82, 2.24) is 29.8 Å². The number of aromatic nitrogens is 4. The number of carbonyl (C=O) groups excluding carboxylic acids is 1. The molecule has 4 heterocycles. The maximum Gasteiger partial charge on any atom is 0.274 e. The molecule has 5 rings (SSSR count). The number of aromatic amines is 1. The number of H-pyrrole nitrogens is 1. The van der Waals surface area contributed by atoms with Gasteiger partial charge in [-0.3, -0.25) is 14.5 Å². The zero-order chi connectivity index (χ0) is 22.2. The predicted octanol–water partition coefficient (Wildman–Crippen LogP) is 1.39. The molecule has 1 fully saturated rings. The van der Waals surface area contributed by atoms with Gasteiger partial charge >= 0.3 is 0 Å². The third kappa shape index (κ3) is 3.58. The van der Waals surface area contributed by atoms with Crippen molar-refractivity contribution in [2.24, 2.45) is 0 Å². The highest BCUT2D eigenvalue weighted by Gasteiger charge is 2.19. The molecule has 0 aliphatic carbocycles. The molecule has 0 saturated carbocycles. The van der Waals surface area contributed by atoms with Crippen LogP contribution in [0.15, 0.2) is 47.5 Å². The Morgan fingerprint density at radius 3 is 2.72 bits per heavy atom. The Hall–Kier alpha value is -3.79. The fourth-order valence-corrected chi connectivity index (χ4v) is 4.15. The Morgan fingerprint density at radius 1 is 1.19 bits per heavy atom. The monoisotopic (exact) mass is 435 g/mol. The number of hydrogen-bond acceptors (Lipinski definition) is 6. The van der Waals surface area contributed by atoms with Crippen molar-refractivity contribution in [3.8, 4) is 0 Å². The van der Waals surface area contributed by atoms with Crippen LogP contribution in [0.5, 0.6) is 0 Å². The van der Waals surface area contributed by atoms with Crippen molar-refractivity contribution in [3.63, 3.8) is 0 Å². The molecule has 1 aliphatic rings. The summed E-state index contributed by atoms with van der Waals surface area (Å²) in [5, 5.41) is 6.65. The van der Waals surface area contributed by atoms with Gasteiger partial charge < -0.3 is 15.2 Å². The lowest BCUT2D eigenvalue weighted by molar-refractivity contribution is 0.0958. The number of hydrogen-bond donors (Lipinski definition) is 2. The molecule has 1 aromatic carbocycles. The van der Waals surface area contributed by atoms with Crippen LogP contribution in [0.25, 0.3) is 16.6 Å². The second-order valence-electron chi connectivity index (χ2n) is 7.80. The lowest BCUT2D eigenvalue weighted by atomic mass is 10.1. The molecular weight excluding hydrogens is 413 g/mol. The first-order chi connectivity index (χ1) is 15.5. The summed E-state index contributed by atoms with van der Waals surface area (Å²) in [6, 6.07) is 8.51. The highest BCUT2D eigenvalue weighted by atomic mass is 19.1. The van der Waals surface area contributed by atoms with Gasteiger partial charge in [-0.25, -0.2) is 13.9 Å². The molecule has 2 N–H and O–H groups in total. The van der Waals surface area contributed by atoms with Crippen LogP contribution in [0.1, 0.15) is 16.1 Å². The van der Waals surface area contributed by atoms with Crippen LogP contribution in [-0.2, 0) is 6.54 Å². The number of piperazine rings is 1. The number of anilines is 1. The van der Waals surface area contributed by atoms with E-state index in [1.807, 2.05) is 12.1 Å². The zero-order valence-electron chi connectivity index (χ0n) is 17.5. The molecule has 0 bridgehead atoms. The minimum atomic E-state index is -0.414. The van der Waals surface area contributed by atoms with Crippen LogP contribution in [0.3, 0.4) is 0 Å². The van der Waals surface area contributed by atoms with Crippen molar-refractivity contribution in [1.29, 1.82) is 0 Å². The Kier molecular flexibility index (Phi) is 5.06. The first kappa shape index (κ1) is 20.1. The van der Waals surface area contributed by atoms with Gasteiger partial charge in [-0.1, -0.05) is 0 Å². The average Bonchev–Trinajstić information content (AvgIpc) is 3.29. The molecule has 1 amide bonds. The smallest absolute Gasteiger partial charge is 0.274 e. The van der Waals surface area contributed by atoms with E-state index in [1.165, 1.54) is 16.8 Å². The molecule has 0 radical (unpaired) electrons. The minimum absolute atomic E-state index is 0.210. The highest BCUT2D eigenvalue weighted by Crippen LogP contribution is 2.21. The predicted molar refractivity (Wildman–Crippen MR) is 118 cm³/mol. The van der Waals surface area contributed by atoms with Crippen molar-refractivity contribution >= 4 is 28.1 Å². The molecule has 0 atom stereocenters. The summed E-state index contributed by atoms with van der Waals surface area (Å²) in [7, 11) is 1.58. The molecule has 164 valence electrons. The first-order valence-corrected chi connectivity index (χ1v) is 10.4. The molecule has 0 spiro atoms. The fraction of sp³-hybridized carbons (Fsp3) is 0.273. The van der Waals surface area contributed by atoms with Crippen LogP contribution in [0, 0.1) is 5.82 Å². The van der Waals surface area contributed by atoms with Crippen molar-refractivity contribution in [3.05, 3.63) is 70.2 Å². The second kappa shape index (κ2) is 8.04. The summed E-state index contributed by atoms with van der Waals surface area (Å²) in [6.45, 7) is 3.76. The van der Waals surface area contributed by atoms with Gasteiger partial charge in [-0.15, -0.1) is 0 Å². The normalized spacial score (nSPS) is 14.9. The fourth-order valence-electron chi connectivity index (χ4n) is 4.15. The Balaban J connectivity index is 1.29. The average molecular weight is 435 g/mol. The van der Waals surface area contributed by atoms with Gasteiger partial charge in [0, 0.05) is 39.8 Å². The molecule has 1 saturated heterocycles. The molecule has 3 aromatic heterocycles. The number of pyridine rings is 1. The van der Waals surface area contributed by atoms with E-state index in [0.29, 0.717) is 23.3 Å². The van der Waals surface area contributed by atoms with Crippen LogP contribution >= 0.6 is 0 Å². The SMILES string of the molecule is CNC(=O)c1ccc(N2CCN(Cc3cc(F)c4c(c3)[nH]c(=O)c3ccnn34)CC2)cn1. The molecule has 0 unspecified atom stereocenters. The van der Waals surface area contributed by atoms with Gasteiger partial charge in [-0.05, 0) is 35.9 Å². The van der Waals surface area contributed by atoms with E-state index in [0.717, 1.165) is 37.4 Å². The van der Waals surface area contributed by atoms with Gasteiger partial charge in [0.1, 0.15) is 16.7 Å². The zero-order valence-corrected chi connectivity index (χ0v) is 17.5. The van der Waals surface area contributed by atoms with E-state index < -0.39 is 5.82 Å². The van der Waals surface area contributed by atoms with Gasteiger partial charge in [0.2, 0.25) is 0 Å². The van der Waals surface area contributed by atoms with Gasteiger partial charge in [0.05, 0.1) is 23.6 Å². The lowest BCUT2D eigenvalue weighted by Crippen LogP contribution is -2.46. The van der Waals surface area contributed by atoms with Crippen LogP contribution in [-0.4, -0.2) is 63.6 Å². The van der Waals surface area contributed by atoms with E-state index in [1.54, 1.807) is 25.4 Å². The number of fused-ring (bicyclic) bond motifs is 3. The van der Waals surface area contributed by atoms with Crippen molar-refractivity contribution in [2.75, 3.05) is 38.1 Å². The number of nitrogens with zero attached hydrogens (tertiary/aromatic N) is 5. The summed E-state index contributed by atoms with van der Waals surface area (Å²) in [6.07, 6.45) is 3.20. The molecule has 32 heavy (non-hydrogen) atoms. The highest BCUT2D eigenvalue weighted by molar-refractivity contribution is 5.92. The third-order valence-electron chi connectivity index (χ3n) is 5.81. The van der Waals surface area contributed by atoms with Gasteiger partial charge in [-0.2, -0.15) is 5.10 Å². The molecule has 10 heteroatoms. The number of amides is 1. The maximum absolute atomic E-state index is 14.9. The maximum atomic E-state index is 14.9. The number of halogens is 1.